The van der Waals surface area contributed by atoms with Crippen molar-refractivity contribution in [3.63, 3.8) is 0 Å². The zero-order valence-electron chi connectivity index (χ0n) is 12.0. The number of nitrogens with one attached hydrogen (secondary N) is 1. The maximum absolute atomic E-state index is 11.9. The Balaban J connectivity index is 2.41. The highest BCUT2D eigenvalue weighted by atomic mass is 32.2. The van der Waals surface area contributed by atoms with E-state index >= 15 is 0 Å². The Kier molecular flexibility index (Phi) is 7.76. The van der Waals surface area contributed by atoms with Gasteiger partial charge in [-0.25, -0.2) is 13.1 Å². The van der Waals surface area contributed by atoms with Crippen LogP contribution in [-0.4, -0.2) is 28.2 Å². The van der Waals surface area contributed by atoms with Gasteiger partial charge in [-0.05, 0) is 17.5 Å². The second-order valence-electron chi connectivity index (χ2n) is 4.59. The fraction of sp³-hybridized carbons (Fsp3) is 0.571. The lowest BCUT2D eigenvalue weighted by atomic mass is 10.1. The molecule has 0 aliphatic heterocycles. The van der Waals surface area contributed by atoms with Crippen LogP contribution in [-0.2, 0) is 27.1 Å². The number of hydrogen-bond acceptors (Lipinski definition) is 4. The summed E-state index contributed by atoms with van der Waals surface area (Å²) in [6.07, 6.45) is 2.07. The molecule has 0 saturated carbocycles. The number of hydrogen-bond donors (Lipinski definition) is 2. The Labute approximate surface area is 121 Å². The largest absolute Gasteiger partial charge is 0.380 e. The van der Waals surface area contributed by atoms with Gasteiger partial charge in [-0.1, -0.05) is 37.6 Å². The van der Waals surface area contributed by atoms with Gasteiger partial charge in [0.25, 0.3) is 0 Å². The van der Waals surface area contributed by atoms with Crippen LogP contribution in [0.1, 0.15) is 30.9 Å². The molecule has 0 heterocycles. The van der Waals surface area contributed by atoms with Crippen molar-refractivity contribution in [2.75, 3.05) is 19.8 Å². The molecule has 0 radical (unpaired) electrons. The molecule has 0 unspecified atom stereocenters. The van der Waals surface area contributed by atoms with E-state index in [-0.39, 0.29) is 5.75 Å². The molecule has 1 rings (SSSR count). The number of sulfonamides is 1. The van der Waals surface area contributed by atoms with Crippen molar-refractivity contribution >= 4 is 10.0 Å². The molecule has 0 amide bonds. The molecule has 1 aromatic carbocycles. The quantitative estimate of drug-likeness (QED) is 0.640. The van der Waals surface area contributed by atoms with E-state index in [1.165, 1.54) is 0 Å². The third-order valence-corrected chi connectivity index (χ3v) is 4.23. The van der Waals surface area contributed by atoms with E-state index in [1.54, 1.807) is 6.07 Å². The molecule has 0 saturated heterocycles. The fourth-order valence-electron chi connectivity index (χ4n) is 1.77. The first-order chi connectivity index (χ1) is 9.59. The van der Waals surface area contributed by atoms with Gasteiger partial charge >= 0.3 is 0 Å². The van der Waals surface area contributed by atoms with E-state index in [4.69, 9.17) is 10.5 Å². The molecular weight excluding hydrogens is 276 g/mol. The fourth-order valence-corrected chi connectivity index (χ4v) is 2.96. The Morgan fingerprint density at radius 1 is 1.20 bits per heavy atom. The van der Waals surface area contributed by atoms with E-state index in [1.807, 2.05) is 18.2 Å². The van der Waals surface area contributed by atoms with Gasteiger partial charge < -0.3 is 10.5 Å². The normalized spacial score (nSPS) is 11.7. The van der Waals surface area contributed by atoms with E-state index in [0.717, 1.165) is 24.0 Å². The number of rotatable bonds is 10. The van der Waals surface area contributed by atoms with Crippen molar-refractivity contribution in [2.45, 2.75) is 32.1 Å². The van der Waals surface area contributed by atoms with E-state index < -0.39 is 10.0 Å². The zero-order valence-corrected chi connectivity index (χ0v) is 12.8. The van der Waals surface area contributed by atoms with Crippen molar-refractivity contribution in [3.05, 3.63) is 35.4 Å². The van der Waals surface area contributed by atoms with Crippen molar-refractivity contribution < 1.29 is 13.2 Å². The number of unbranched alkanes of at least 4 members (excludes halogenated alkanes) is 1. The molecule has 0 atom stereocenters. The summed E-state index contributed by atoms with van der Waals surface area (Å²) >= 11 is 0. The first-order valence-electron chi connectivity index (χ1n) is 6.91. The van der Waals surface area contributed by atoms with Gasteiger partial charge in [-0.15, -0.1) is 0 Å². The Bertz CT molecular complexity index is 489. The van der Waals surface area contributed by atoms with Crippen LogP contribution in [0.5, 0.6) is 0 Å². The second-order valence-corrected chi connectivity index (χ2v) is 6.40. The van der Waals surface area contributed by atoms with Crippen LogP contribution in [0.15, 0.2) is 24.3 Å². The molecule has 0 spiro atoms. The van der Waals surface area contributed by atoms with Crippen LogP contribution in [0.2, 0.25) is 0 Å². The van der Waals surface area contributed by atoms with Gasteiger partial charge in [0.15, 0.2) is 0 Å². The minimum Gasteiger partial charge on any atom is -0.380 e. The monoisotopic (exact) mass is 300 g/mol. The van der Waals surface area contributed by atoms with Gasteiger partial charge in [0.2, 0.25) is 10.0 Å². The summed E-state index contributed by atoms with van der Waals surface area (Å²) in [5.74, 6) is -0.0463. The highest BCUT2D eigenvalue weighted by Gasteiger charge is 2.12. The highest BCUT2D eigenvalue weighted by Crippen LogP contribution is 2.11. The van der Waals surface area contributed by atoms with Gasteiger partial charge in [0.05, 0.1) is 12.4 Å². The van der Waals surface area contributed by atoms with Gasteiger partial charge in [-0.2, -0.15) is 0 Å². The predicted octanol–water partition coefficient (Wildman–Crippen LogP) is 1.38. The minimum absolute atomic E-state index is 0.0463. The van der Waals surface area contributed by atoms with Crippen LogP contribution in [0.25, 0.3) is 0 Å². The summed E-state index contributed by atoms with van der Waals surface area (Å²) in [5.41, 5.74) is 7.21. The SMILES string of the molecule is CCCCOCCNS(=O)(=O)Cc1ccccc1CN. The predicted molar refractivity (Wildman–Crippen MR) is 80.7 cm³/mol. The lowest BCUT2D eigenvalue weighted by molar-refractivity contribution is 0.136. The topological polar surface area (TPSA) is 81.4 Å². The van der Waals surface area contributed by atoms with Crippen LogP contribution in [0, 0.1) is 0 Å². The van der Waals surface area contributed by atoms with E-state index in [2.05, 4.69) is 11.6 Å². The number of ether oxygens (including phenoxy) is 1. The Hall–Kier alpha value is -0.950. The lowest BCUT2D eigenvalue weighted by Crippen LogP contribution is -2.29. The summed E-state index contributed by atoms with van der Waals surface area (Å²) in [7, 11) is -3.35. The smallest absolute Gasteiger partial charge is 0.215 e. The molecule has 5 nitrogen and oxygen atoms in total. The van der Waals surface area contributed by atoms with Gasteiger partial charge in [0, 0.05) is 19.7 Å². The van der Waals surface area contributed by atoms with Gasteiger partial charge in [0.1, 0.15) is 0 Å². The third-order valence-electron chi connectivity index (χ3n) is 2.89. The summed E-state index contributed by atoms with van der Waals surface area (Å²) < 4.78 is 31.8. The van der Waals surface area contributed by atoms with Crippen LogP contribution < -0.4 is 10.5 Å². The zero-order chi connectivity index (χ0) is 14.8. The molecule has 20 heavy (non-hydrogen) atoms. The maximum Gasteiger partial charge on any atom is 0.215 e. The highest BCUT2D eigenvalue weighted by molar-refractivity contribution is 7.88. The lowest BCUT2D eigenvalue weighted by Gasteiger charge is -2.10. The first-order valence-corrected chi connectivity index (χ1v) is 8.56. The average Bonchev–Trinajstić information content (AvgIpc) is 2.43. The summed E-state index contributed by atoms with van der Waals surface area (Å²) in [5, 5.41) is 0. The summed E-state index contributed by atoms with van der Waals surface area (Å²) in [6, 6.07) is 7.31. The summed E-state index contributed by atoms with van der Waals surface area (Å²) in [4.78, 5) is 0. The molecule has 0 fully saturated rings. The third kappa shape index (κ3) is 6.47. The number of nitrogens with two attached hydrogens (primary N) is 1. The first kappa shape index (κ1) is 17.1. The van der Waals surface area contributed by atoms with Crippen LogP contribution in [0.3, 0.4) is 0 Å². The average molecular weight is 300 g/mol. The van der Waals surface area contributed by atoms with E-state index in [0.29, 0.717) is 26.3 Å². The minimum atomic E-state index is -3.35. The second kappa shape index (κ2) is 9.07. The van der Waals surface area contributed by atoms with Crippen molar-refractivity contribution in [2.24, 2.45) is 5.73 Å². The standard InChI is InChI=1S/C14H24N2O3S/c1-2-3-9-19-10-8-16-20(17,18)12-14-7-5-4-6-13(14)11-15/h4-7,16H,2-3,8-12,15H2,1H3. The van der Waals surface area contributed by atoms with Gasteiger partial charge in [-0.3, -0.25) is 0 Å². The molecule has 0 aliphatic carbocycles. The van der Waals surface area contributed by atoms with Crippen molar-refractivity contribution in [1.82, 2.24) is 4.72 Å². The molecule has 0 aliphatic rings. The van der Waals surface area contributed by atoms with Crippen LogP contribution in [0.4, 0.5) is 0 Å². The molecule has 114 valence electrons. The molecular formula is C14H24N2O3S. The maximum atomic E-state index is 11.9. The number of benzene rings is 1. The van der Waals surface area contributed by atoms with E-state index in [9.17, 15) is 8.42 Å². The molecule has 0 aromatic heterocycles. The van der Waals surface area contributed by atoms with Crippen LogP contribution >= 0.6 is 0 Å². The van der Waals surface area contributed by atoms with Crippen molar-refractivity contribution in [1.29, 1.82) is 0 Å². The molecule has 0 bridgehead atoms. The summed E-state index contributed by atoms with van der Waals surface area (Å²) in [6.45, 7) is 3.80. The molecule has 6 heteroatoms. The molecule has 1 aromatic rings. The Morgan fingerprint density at radius 2 is 1.90 bits per heavy atom. The van der Waals surface area contributed by atoms with Crippen molar-refractivity contribution in [3.8, 4) is 0 Å². The Morgan fingerprint density at radius 3 is 2.55 bits per heavy atom. The molecule has 3 N–H and O–H groups in total.